The first-order chi connectivity index (χ1) is 21.2. The summed E-state index contributed by atoms with van der Waals surface area (Å²) < 4.78 is 22.7. The summed E-state index contributed by atoms with van der Waals surface area (Å²) >= 11 is 0. The highest BCUT2D eigenvalue weighted by molar-refractivity contribution is 5.52. The molecule has 0 atom stereocenters. The minimum atomic E-state index is 0.563. The molecular formula is C35H48N4O4. The Morgan fingerprint density at radius 2 is 1.44 bits per heavy atom. The Morgan fingerprint density at radius 1 is 0.721 bits per heavy atom. The molecule has 0 saturated carbocycles. The van der Waals surface area contributed by atoms with E-state index < -0.39 is 0 Å². The van der Waals surface area contributed by atoms with Gasteiger partial charge in [-0.05, 0) is 60.1 Å². The van der Waals surface area contributed by atoms with Crippen LogP contribution in [0, 0.1) is 0 Å². The van der Waals surface area contributed by atoms with Crippen molar-refractivity contribution in [3.8, 4) is 5.75 Å². The molecule has 0 aromatic heterocycles. The lowest BCUT2D eigenvalue weighted by Crippen LogP contribution is -2.44. The SMILES string of the molecule is COc1cccc(CN(Cc2ccc(N3CCN(C)CC3)cc2)c2cccc(COCCOCCN3CCOCC3)c2)c1. The molecule has 0 N–H and O–H groups in total. The third-order valence-electron chi connectivity index (χ3n) is 8.26. The molecule has 0 amide bonds. The van der Waals surface area contributed by atoms with Crippen LogP contribution >= 0.6 is 0 Å². The number of ether oxygens (including phenoxy) is 4. The number of hydrogen-bond donors (Lipinski definition) is 0. The highest BCUT2D eigenvalue weighted by Crippen LogP contribution is 2.25. The summed E-state index contributed by atoms with van der Waals surface area (Å²) in [5.41, 5.74) is 6.14. The van der Waals surface area contributed by atoms with Crippen molar-refractivity contribution in [3.63, 3.8) is 0 Å². The van der Waals surface area contributed by atoms with Crippen molar-refractivity contribution in [1.29, 1.82) is 0 Å². The lowest BCUT2D eigenvalue weighted by Gasteiger charge is -2.34. The second kappa shape index (κ2) is 16.6. The van der Waals surface area contributed by atoms with E-state index in [9.17, 15) is 0 Å². The smallest absolute Gasteiger partial charge is 0.119 e. The number of benzene rings is 3. The normalized spacial score (nSPS) is 16.4. The van der Waals surface area contributed by atoms with Crippen molar-refractivity contribution < 1.29 is 18.9 Å². The molecule has 3 aromatic rings. The molecule has 2 aliphatic rings. The first kappa shape index (κ1) is 31.3. The van der Waals surface area contributed by atoms with E-state index in [2.05, 4.69) is 93.4 Å². The first-order valence-corrected chi connectivity index (χ1v) is 15.6. The minimum absolute atomic E-state index is 0.563. The van der Waals surface area contributed by atoms with Crippen LogP contribution in [0.4, 0.5) is 11.4 Å². The van der Waals surface area contributed by atoms with E-state index in [1.165, 1.54) is 22.5 Å². The van der Waals surface area contributed by atoms with E-state index >= 15 is 0 Å². The molecule has 2 fully saturated rings. The lowest BCUT2D eigenvalue weighted by atomic mass is 10.1. The second-order valence-corrected chi connectivity index (χ2v) is 11.5. The fourth-order valence-corrected chi connectivity index (χ4v) is 5.60. The van der Waals surface area contributed by atoms with Crippen molar-refractivity contribution in [2.24, 2.45) is 0 Å². The van der Waals surface area contributed by atoms with Crippen LogP contribution < -0.4 is 14.5 Å². The fourth-order valence-electron chi connectivity index (χ4n) is 5.60. The van der Waals surface area contributed by atoms with Crippen molar-refractivity contribution >= 4 is 11.4 Å². The van der Waals surface area contributed by atoms with Gasteiger partial charge >= 0.3 is 0 Å². The third-order valence-corrected chi connectivity index (χ3v) is 8.26. The molecule has 0 bridgehead atoms. The van der Waals surface area contributed by atoms with Gasteiger partial charge in [-0.2, -0.15) is 0 Å². The summed E-state index contributed by atoms with van der Waals surface area (Å²) in [7, 11) is 3.92. The summed E-state index contributed by atoms with van der Waals surface area (Å²) in [6.45, 7) is 13.0. The summed E-state index contributed by atoms with van der Waals surface area (Å²) in [6, 6.07) is 26.1. The molecule has 43 heavy (non-hydrogen) atoms. The van der Waals surface area contributed by atoms with Crippen molar-refractivity contribution in [2.75, 3.05) is 103 Å². The Hall–Kier alpha value is -3.14. The Labute approximate surface area is 257 Å². The van der Waals surface area contributed by atoms with Crippen LogP contribution in [0.3, 0.4) is 0 Å². The number of likely N-dealkylation sites (N-methyl/N-ethyl adjacent to an activating group) is 1. The molecule has 0 unspecified atom stereocenters. The molecule has 232 valence electrons. The predicted octanol–water partition coefficient (Wildman–Crippen LogP) is 4.52. The van der Waals surface area contributed by atoms with Crippen LogP contribution in [-0.4, -0.2) is 103 Å². The Bertz CT molecular complexity index is 1230. The van der Waals surface area contributed by atoms with Crippen LogP contribution in [0.2, 0.25) is 0 Å². The number of methoxy groups -OCH3 is 1. The Morgan fingerprint density at radius 3 is 2.23 bits per heavy atom. The van der Waals surface area contributed by atoms with Gasteiger partial charge in [-0.25, -0.2) is 0 Å². The molecular weight excluding hydrogens is 540 g/mol. The van der Waals surface area contributed by atoms with E-state index in [4.69, 9.17) is 18.9 Å². The van der Waals surface area contributed by atoms with Gasteiger partial charge in [0, 0.05) is 70.3 Å². The average Bonchev–Trinajstić information content (AvgIpc) is 3.05. The monoisotopic (exact) mass is 588 g/mol. The van der Waals surface area contributed by atoms with Gasteiger partial charge in [0.2, 0.25) is 0 Å². The Balaban J connectivity index is 1.18. The van der Waals surface area contributed by atoms with Gasteiger partial charge in [0.1, 0.15) is 5.75 Å². The van der Waals surface area contributed by atoms with Gasteiger partial charge in [0.15, 0.2) is 0 Å². The highest BCUT2D eigenvalue weighted by atomic mass is 16.5. The zero-order chi connectivity index (χ0) is 29.7. The maximum atomic E-state index is 5.99. The molecule has 0 spiro atoms. The maximum Gasteiger partial charge on any atom is 0.119 e. The molecule has 8 heteroatoms. The van der Waals surface area contributed by atoms with Crippen molar-refractivity contribution in [2.45, 2.75) is 19.7 Å². The van der Waals surface area contributed by atoms with Crippen LogP contribution in [0.25, 0.3) is 0 Å². The van der Waals surface area contributed by atoms with Crippen molar-refractivity contribution in [1.82, 2.24) is 9.80 Å². The summed E-state index contributed by atoms with van der Waals surface area (Å²) in [6.07, 6.45) is 0. The van der Waals surface area contributed by atoms with Crippen LogP contribution in [0.1, 0.15) is 16.7 Å². The van der Waals surface area contributed by atoms with E-state index in [-0.39, 0.29) is 0 Å². The van der Waals surface area contributed by atoms with E-state index in [1.54, 1.807) is 7.11 Å². The molecule has 0 aliphatic carbocycles. The second-order valence-electron chi connectivity index (χ2n) is 11.5. The number of morpholine rings is 1. The van der Waals surface area contributed by atoms with E-state index in [1.807, 2.05) is 6.07 Å². The molecule has 5 rings (SSSR count). The topological polar surface area (TPSA) is 49.9 Å². The third kappa shape index (κ3) is 9.95. The molecule has 0 radical (unpaired) electrons. The number of hydrogen-bond acceptors (Lipinski definition) is 8. The molecule has 3 aromatic carbocycles. The quantitative estimate of drug-likeness (QED) is 0.240. The van der Waals surface area contributed by atoms with Gasteiger partial charge in [0.25, 0.3) is 0 Å². The van der Waals surface area contributed by atoms with Gasteiger partial charge < -0.3 is 33.6 Å². The van der Waals surface area contributed by atoms with Gasteiger partial charge in [-0.3, -0.25) is 4.90 Å². The molecule has 2 heterocycles. The summed E-state index contributed by atoms with van der Waals surface area (Å²) in [5.74, 6) is 0.878. The van der Waals surface area contributed by atoms with E-state index in [0.717, 1.165) is 90.0 Å². The summed E-state index contributed by atoms with van der Waals surface area (Å²) in [4.78, 5) is 9.69. The van der Waals surface area contributed by atoms with E-state index in [0.29, 0.717) is 19.8 Å². The zero-order valence-electron chi connectivity index (χ0n) is 26.0. The van der Waals surface area contributed by atoms with Crippen molar-refractivity contribution in [3.05, 3.63) is 89.5 Å². The van der Waals surface area contributed by atoms with Gasteiger partial charge in [-0.15, -0.1) is 0 Å². The zero-order valence-corrected chi connectivity index (χ0v) is 26.0. The largest absolute Gasteiger partial charge is 0.497 e. The fraction of sp³-hybridized carbons (Fsp3) is 0.486. The number of piperazine rings is 1. The lowest BCUT2D eigenvalue weighted by molar-refractivity contribution is 0.00585. The van der Waals surface area contributed by atoms with Crippen LogP contribution in [0.15, 0.2) is 72.8 Å². The van der Waals surface area contributed by atoms with Gasteiger partial charge in [0.05, 0.1) is 46.8 Å². The Kier molecular flexibility index (Phi) is 12.1. The van der Waals surface area contributed by atoms with Crippen LogP contribution in [0.5, 0.6) is 5.75 Å². The number of rotatable bonds is 15. The van der Waals surface area contributed by atoms with Gasteiger partial charge in [-0.1, -0.05) is 36.4 Å². The standard InChI is InChI=1S/C35H48N4O4/c1-36-13-15-38(16-14-36)33-11-9-30(10-12-33)27-39(28-31-5-4-8-35(26-31)40-2)34-7-3-6-32(25-34)29-43-24-23-42-22-19-37-17-20-41-21-18-37/h3-12,25-26H,13-24,27-29H2,1-2H3. The first-order valence-electron chi connectivity index (χ1n) is 15.6. The molecule has 2 saturated heterocycles. The molecule has 8 nitrogen and oxygen atoms in total. The number of nitrogens with zero attached hydrogens (tertiary/aromatic N) is 4. The maximum absolute atomic E-state index is 5.99. The minimum Gasteiger partial charge on any atom is -0.497 e. The van der Waals surface area contributed by atoms with Crippen LogP contribution in [-0.2, 0) is 33.9 Å². The predicted molar refractivity (Wildman–Crippen MR) is 173 cm³/mol. The average molecular weight is 589 g/mol. The number of anilines is 2. The molecule has 2 aliphatic heterocycles. The highest BCUT2D eigenvalue weighted by Gasteiger charge is 2.15. The summed E-state index contributed by atoms with van der Waals surface area (Å²) in [5, 5.41) is 0.